The predicted molar refractivity (Wildman–Crippen MR) is 120 cm³/mol. The normalized spacial score (nSPS) is 26.4. The Kier molecular flexibility index (Phi) is 9.55. The van der Waals surface area contributed by atoms with Crippen molar-refractivity contribution in [3.63, 3.8) is 0 Å². The number of carbonyl (C=O) groups excluding carboxylic acids is 1. The second-order valence-electron chi connectivity index (χ2n) is 8.84. The summed E-state index contributed by atoms with van der Waals surface area (Å²) in [5.41, 5.74) is -1.29. The lowest BCUT2D eigenvalue weighted by atomic mass is 9.73. The SMILES string of the molecule is CC.CC1CCCC(C)C1CN1CCC(F)(CNC(=O)c2cc(F)cc(Cl)c2)CC1. The van der Waals surface area contributed by atoms with Crippen LogP contribution in [0.15, 0.2) is 18.2 Å². The van der Waals surface area contributed by atoms with E-state index >= 15 is 4.39 Å². The molecule has 3 rings (SSSR count). The number of piperidine rings is 1. The lowest BCUT2D eigenvalue weighted by molar-refractivity contribution is 0.0328. The average Bonchev–Trinajstić information content (AvgIpc) is 2.71. The van der Waals surface area contributed by atoms with E-state index in [1.54, 1.807) is 0 Å². The molecule has 1 saturated carbocycles. The number of halogens is 3. The van der Waals surface area contributed by atoms with E-state index < -0.39 is 17.4 Å². The van der Waals surface area contributed by atoms with Crippen LogP contribution in [0.1, 0.15) is 70.2 Å². The van der Waals surface area contributed by atoms with E-state index in [2.05, 4.69) is 24.1 Å². The minimum Gasteiger partial charge on any atom is -0.349 e. The van der Waals surface area contributed by atoms with Gasteiger partial charge in [-0.25, -0.2) is 8.78 Å². The summed E-state index contributed by atoms with van der Waals surface area (Å²) in [5, 5.41) is 2.77. The van der Waals surface area contributed by atoms with Gasteiger partial charge in [-0.3, -0.25) is 4.79 Å². The maximum Gasteiger partial charge on any atom is 0.251 e. The Labute approximate surface area is 185 Å². The Morgan fingerprint density at radius 3 is 2.33 bits per heavy atom. The van der Waals surface area contributed by atoms with Gasteiger partial charge in [-0.05, 0) is 48.8 Å². The molecule has 1 aromatic rings. The highest BCUT2D eigenvalue weighted by Crippen LogP contribution is 2.36. The first-order valence-electron chi connectivity index (χ1n) is 11.4. The largest absolute Gasteiger partial charge is 0.349 e. The van der Waals surface area contributed by atoms with Crippen LogP contribution in [0, 0.1) is 23.6 Å². The maximum absolute atomic E-state index is 15.2. The topological polar surface area (TPSA) is 32.3 Å². The Morgan fingerprint density at radius 2 is 1.77 bits per heavy atom. The first-order chi connectivity index (χ1) is 14.3. The fourth-order valence-electron chi connectivity index (χ4n) is 4.75. The molecule has 170 valence electrons. The number of nitrogens with one attached hydrogen (secondary N) is 1. The third kappa shape index (κ3) is 6.91. The van der Waals surface area contributed by atoms with Crippen LogP contribution in [0.25, 0.3) is 0 Å². The molecule has 0 bridgehead atoms. The van der Waals surface area contributed by atoms with Crippen molar-refractivity contribution in [1.29, 1.82) is 0 Å². The fourth-order valence-corrected chi connectivity index (χ4v) is 4.97. The van der Waals surface area contributed by atoms with Crippen molar-refractivity contribution < 1.29 is 13.6 Å². The molecule has 1 saturated heterocycles. The third-order valence-electron chi connectivity index (χ3n) is 6.69. The lowest BCUT2D eigenvalue weighted by Crippen LogP contribution is -2.50. The second kappa shape index (κ2) is 11.4. The molecule has 6 heteroatoms. The van der Waals surface area contributed by atoms with Gasteiger partial charge in [0.1, 0.15) is 11.5 Å². The van der Waals surface area contributed by atoms with Gasteiger partial charge in [0, 0.05) is 30.2 Å². The van der Waals surface area contributed by atoms with Crippen molar-refractivity contribution in [2.75, 3.05) is 26.2 Å². The predicted octanol–water partition coefficient (Wildman–Crippen LogP) is 6.11. The molecule has 30 heavy (non-hydrogen) atoms. The van der Waals surface area contributed by atoms with E-state index in [0.717, 1.165) is 30.5 Å². The molecule has 0 spiro atoms. The molecular formula is C24H37ClF2N2O. The Balaban J connectivity index is 0.00000155. The number of amides is 1. The number of nitrogens with zero attached hydrogens (tertiary/aromatic N) is 1. The number of hydrogen-bond donors (Lipinski definition) is 1. The minimum absolute atomic E-state index is 0.0515. The molecule has 1 amide bonds. The molecule has 1 aliphatic carbocycles. The number of rotatable bonds is 5. The smallest absolute Gasteiger partial charge is 0.251 e. The summed E-state index contributed by atoms with van der Waals surface area (Å²) in [7, 11) is 0. The molecule has 0 radical (unpaired) electrons. The van der Waals surface area contributed by atoms with Gasteiger partial charge < -0.3 is 10.2 Å². The van der Waals surface area contributed by atoms with Crippen LogP contribution in [-0.4, -0.2) is 42.7 Å². The van der Waals surface area contributed by atoms with Gasteiger partial charge in [0.05, 0.1) is 6.54 Å². The highest BCUT2D eigenvalue weighted by molar-refractivity contribution is 6.31. The number of hydrogen-bond acceptors (Lipinski definition) is 2. The van der Waals surface area contributed by atoms with E-state index in [-0.39, 0.29) is 17.1 Å². The van der Waals surface area contributed by atoms with Gasteiger partial charge in [-0.15, -0.1) is 0 Å². The van der Waals surface area contributed by atoms with Crippen molar-refractivity contribution in [2.24, 2.45) is 17.8 Å². The lowest BCUT2D eigenvalue weighted by Gasteiger charge is -2.42. The monoisotopic (exact) mass is 442 g/mol. The molecule has 2 aliphatic rings. The van der Waals surface area contributed by atoms with Crippen molar-refractivity contribution in [3.8, 4) is 0 Å². The Bertz CT molecular complexity index is 662. The Hall–Kier alpha value is -1.20. The molecule has 2 fully saturated rings. The van der Waals surface area contributed by atoms with Crippen LogP contribution in [0.3, 0.4) is 0 Å². The molecule has 1 aromatic carbocycles. The van der Waals surface area contributed by atoms with Crippen molar-refractivity contribution >= 4 is 17.5 Å². The van der Waals surface area contributed by atoms with E-state index in [4.69, 9.17) is 11.6 Å². The third-order valence-corrected chi connectivity index (χ3v) is 6.91. The second-order valence-corrected chi connectivity index (χ2v) is 9.28. The summed E-state index contributed by atoms with van der Waals surface area (Å²) in [6.07, 6.45) is 4.74. The van der Waals surface area contributed by atoms with Gasteiger partial charge >= 0.3 is 0 Å². The van der Waals surface area contributed by atoms with Crippen LogP contribution in [-0.2, 0) is 0 Å². The molecule has 1 N–H and O–H groups in total. The summed E-state index contributed by atoms with van der Waals surface area (Å²) in [4.78, 5) is 14.6. The highest BCUT2D eigenvalue weighted by atomic mass is 35.5. The Morgan fingerprint density at radius 1 is 1.17 bits per heavy atom. The fraction of sp³-hybridized carbons (Fsp3) is 0.708. The summed E-state index contributed by atoms with van der Waals surface area (Å²) in [6.45, 7) is 11.1. The summed E-state index contributed by atoms with van der Waals surface area (Å²) >= 11 is 5.79. The van der Waals surface area contributed by atoms with E-state index in [1.165, 1.54) is 25.3 Å². The molecule has 1 heterocycles. The maximum atomic E-state index is 15.2. The van der Waals surface area contributed by atoms with Crippen molar-refractivity contribution in [2.45, 2.75) is 65.5 Å². The average molecular weight is 443 g/mol. The molecule has 2 atom stereocenters. The zero-order valence-electron chi connectivity index (χ0n) is 18.8. The van der Waals surface area contributed by atoms with E-state index in [0.29, 0.717) is 31.8 Å². The number of benzene rings is 1. The minimum atomic E-state index is -1.41. The summed E-state index contributed by atoms with van der Waals surface area (Å²) in [5.74, 6) is 1.09. The van der Waals surface area contributed by atoms with Crippen LogP contribution >= 0.6 is 11.6 Å². The molecule has 3 nitrogen and oxygen atoms in total. The van der Waals surface area contributed by atoms with Crippen LogP contribution in [0.4, 0.5) is 8.78 Å². The van der Waals surface area contributed by atoms with Crippen molar-refractivity contribution in [1.82, 2.24) is 10.2 Å². The van der Waals surface area contributed by atoms with Crippen LogP contribution in [0.2, 0.25) is 5.02 Å². The number of alkyl halides is 1. The molecular weight excluding hydrogens is 406 g/mol. The van der Waals surface area contributed by atoms with Gasteiger partial charge in [0.25, 0.3) is 5.91 Å². The first-order valence-corrected chi connectivity index (χ1v) is 11.8. The van der Waals surface area contributed by atoms with Gasteiger partial charge in [0.2, 0.25) is 0 Å². The zero-order chi connectivity index (χ0) is 22.3. The van der Waals surface area contributed by atoms with E-state index in [9.17, 15) is 9.18 Å². The quantitative estimate of drug-likeness (QED) is 0.596. The van der Waals surface area contributed by atoms with E-state index in [1.807, 2.05) is 13.8 Å². The van der Waals surface area contributed by atoms with Crippen LogP contribution < -0.4 is 5.32 Å². The van der Waals surface area contributed by atoms with Gasteiger partial charge in [-0.2, -0.15) is 0 Å². The molecule has 1 aliphatic heterocycles. The summed E-state index contributed by atoms with van der Waals surface area (Å²) < 4.78 is 28.6. The standard InChI is InChI=1S/C22H31ClF2N2O.C2H6/c1-15-4-3-5-16(2)20(15)13-27-8-6-22(25,7-9-27)14-26-21(28)17-10-18(23)12-19(24)11-17;1-2/h10-12,15-16,20H,3-9,13-14H2,1-2H3,(H,26,28);1-2H3. The molecule has 2 unspecified atom stereocenters. The number of carbonyl (C=O) groups is 1. The zero-order valence-corrected chi connectivity index (χ0v) is 19.6. The number of likely N-dealkylation sites (tertiary alicyclic amines) is 1. The van der Waals surface area contributed by atoms with Gasteiger partial charge in [-0.1, -0.05) is 58.6 Å². The van der Waals surface area contributed by atoms with Gasteiger partial charge in [0.15, 0.2) is 0 Å². The first kappa shape index (κ1) is 25.1. The highest BCUT2D eigenvalue weighted by Gasteiger charge is 2.37. The molecule has 0 aromatic heterocycles. The van der Waals surface area contributed by atoms with Crippen molar-refractivity contribution in [3.05, 3.63) is 34.6 Å². The van der Waals surface area contributed by atoms with Crippen LogP contribution in [0.5, 0.6) is 0 Å². The summed E-state index contributed by atoms with van der Waals surface area (Å²) in [6, 6.07) is 3.64.